The monoisotopic (exact) mass is 318 g/mol. The molecular formula is C12H12BrFO4. The number of carboxylic acids is 1. The fraction of sp³-hybridized carbons (Fsp3) is 0.417. The average Bonchev–Trinajstić information content (AvgIpc) is 3.08. The summed E-state index contributed by atoms with van der Waals surface area (Å²) in [4.78, 5) is 10.8. The second-order valence-corrected chi connectivity index (χ2v) is 5.29. The van der Waals surface area contributed by atoms with E-state index >= 15 is 0 Å². The quantitative estimate of drug-likeness (QED) is 0.746. The van der Waals surface area contributed by atoms with Gasteiger partial charge >= 0.3 is 5.97 Å². The van der Waals surface area contributed by atoms with Gasteiger partial charge in [0.1, 0.15) is 5.82 Å². The zero-order chi connectivity index (χ0) is 13.4. The number of halogens is 2. The summed E-state index contributed by atoms with van der Waals surface area (Å²) in [6.07, 6.45) is 1.52. The first-order valence-corrected chi connectivity index (χ1v) is 6.32. The van der Waals surface area contributed by atoms with Crippen molar-refractivity contribution in [2.24, 2.45) is 5.92 Å². The van der Waals surface area contributed by atoms with Crippen molar-refractivity contribution >= 4 is 21.9 Å². The average molecular weight is 319 g/mol. The number of aliphatic carboxylic acids is 1. The van der Waals surface area contributed by atoms with E-state index in [2.05, 4.69) is 15.9 Å². The molecule has 6 heteroatoms. The van der Waals surface area contributed by atoms with Gasteiger partial charge in [0, 0.05) is 17.5 Å². The highest BCUT2D eigenvalue weighted by Gasteiger charge is 2.37. The Morgan fingerprint density at radius 2 is 2.11 bits per heavy atom. The van der Waals surface area contributed by atoms with Crippen molar-refractivity contribution in [1.82, 2.24) is 0 Å². The number of phenols is 2. The molecule has 1 atom stereocenters. The van der Waals surface area contributed by atoms with E-state index in [4.69, 9.17) is 5.11 Å². The van der Waals surface area contributed by atoms with Gasteiger partial charge in [-0.25, -0.2) is 4.39 Å². The summed E-state index contributed by atoms with van der Waals surface area (Å²) in [5.41, 5.74) is 0.134. The van der Waals surface area contributed by atoms with Crippen LogP contribution in [0, 0.1) is 11.7 Å². The Morgan fingerprint density at radius 1 is 1.50 bits per heavy atom. The van der Waals surface area contributed by atoms with Crippen LogP contribution in [0.25, 0.3) is 0 Å². The minimum atomic E-state index is -1.01. The second-order valence-electron chi connectivity index (χ2n) is 4.50. The number of carbonyl (C=O) groups is 1. The third-order valence-electron chi connectivity index (χ3n) is 3.16. The van der Waals surface area contributed by atoms with Crippen LogP contribution in [-0.2, 0) is 4.79 Å². The molecule has 18 heavy (non-hydrogen) atoms. The normalized spacial score (nSPS) is 16.6. The lowest BCUT2D eigenvalue weighted by atomic mass is 9.90. The molecule has 0 spiro atoms. The SMILES string of the molecule is O=C(O)CC(c1c(F)cc(O)c(O)c1Br)C1CC1. The summed E-state index contributed by atoms with van der Waals surface area (Å²) in [6, 6.07) is 0.812. The fourth-order valence-electron chi connectivity index (χ4n) is 2.14. The van der Waals surface area contributed by atoms with Gasteiger partial charge in [-0.05, 0) is 34.7 Å². The summed E-state index contributed by atoms with van der Waals surface area (Å²) in [6.45, 7) is 0. The number of carboxylic acid groups (broad SMARTS) is 1. The summed E-state index contributed by atoms with van der Waals surface area (Å²) < 4.78 is 13.9. The predicted octanol–water partition coefficient (Wildman–Crippen LogP) is 2.97. The number of rotatable bonds is 4. The number of hydrogen-bond donors (Lipinski definition) is 3. The van der Waals surface area contributed by atoms with E-state index in [1.807, 2.05) is 0 Å². The van der Waals surface area contributed by atoms with Crippen LogP contribution in [0.15, 0.2) is 10.5 Å². The van der Waals surface area contributed by atoms with Crippen molar-refractivity contribution < 1.29 is 24.5 Å². The van der Waals surface area contributed by atoms with Gasteiger partial charge in [-0.15, -0.1) is 0 Å². The molecule has 98 valence electrons. The lowest BCUT2D eigenvalue weighted by Crippen LogP contribution is -2.11. The molecular weight excluding hydrogens is 307 g/mol. The van der Waals surface area contributed by atoms with E-state index in [-0.39, 0.29) is 22.4 Å². The van der Waals surface area contributed by atoms with Gasteiger partial charge in [0.2, 0.25) is 0 Å². The molecule has 0 bridgehead atoms. The molecule has 4 nitrogen and oxygen atoms in total. The van der Waals surface area contributed by atoms with Crippen LogP contribution in [0.4, 0.5) is 4.39 Å². The largest absolute Gasteiger partial charge is 0.504 e. The highest BCUT2D eigenvalue weighted by Crippen LogP contribution is 2.50. The Balaban J connectivity index is 2.47. The van der Waals surface area contributed by atoms with E-state index in [9.17, 15) is 19.4 Å². The Morgan fingerprint density at radius 3 is 2.61 bits per heavy atom. The van der Waals surface area contributed by atoms with E-state index in [1.165, 1.54) is 0 Å². The van der Waals surface area contributed by atoms with Crippen molar-refractivity contribution in [1.29, 1.82) is 0 Å². The van der Waals surface area contributed by atoms with Crippen LogP contribution in [-0.4, -0.2) is 21.3 Å². The van der Waals surface area contributed by atoms with Gasteiger partial charge in [0.05, 0.1) is 10.9 Å². The molecule has 1 aromatic rings. The van der Waals surface area contributed by atoms with Gasteiger partial charge < -0.3 is 15.3 Å². The molecule has 1 unspecified atom stereocenters. The summed E-state index contributed by atoms with van der Waals surface area (Å²) in [5, 5.41) is 27.8. The molecule has 0 aromatic heterocycles. The van der Waals surface area contributed by atoms with Crippen molar-refractivity contribution in [3.05, 3.63) is 21.9 Å². The number of aromatic hydroxyl groups is 2. The lowest BCUT2D eigenvalue weighted by Gasteiger charge is -2.18. The molecule has 0 aliphatic heterocycles. The maximum Gasteiger partial charge on any atom is 0.303 e. The Labute approximate surface area is 111 Å². The Bertz CT molecular complexity index is 499. The topological polar surface area (TPSA) is 77.8 Å². The van der Waals surface area contributed by atoms with Crippen molar-refractivity contribution in [3.8, 4) is 11.5 Å². The maximum atomic E-state index is 13.9. The number of hydrogen-bond acceptors (Lipinski definition) is 3. The van der Waals surface area contributed by atoms with Gasteiger partial charge in [-0.1, -0.05) is 0 Å². The number of phenolic OH excluding ortho intramolecular Hbond substituents is 2. The van der Waals surface area contributed by atoms with Crippen LogP contribution in [0.5, 0.6) is 11.5 Å². The van der Waals surface area contributed by atoms with Gasteiger partial charge in [0.15, 0.2) is 11.5 Å². The predicted molar refractivity (Wildman–Crippen MR) is 65.1 cm³/mol. The molecule has 0 amide bonds. The molecule has 0 heterocycles. The van der Waals surface area contributed by atoms with Gasteiger partial charge in [-0.2, -0.15) is 0 Å². The fourth-order valence-corrected chi connectivity index (χ4v) is 2.83. The van der Waals surface area contributed by atoms with E-state index in [1.54, 1.807) is 0 Å². The lowest BCUT2D eigenvalue weighted by molar-refractivity contribution is -0.137. The van der Waals surface area contributed by atoms with Crippen LogP contribution in [0.1, 0.15) is 30.7 Å². The minimum absolute atomic E-state index is 0.0400. The zero-order valence-corrected chi connectivity index (χ0v) is 10.9. The minimum Gasteiger partial charge on any atom is -0.504 e. The van der Waals surface area contributed by atoms with E-state index in [0.29, 0.717) is 0 Å². The summed E-state index contributed by atoms with van der Waals surface area (Å²) >= 11 is 3.03. The van der Waals surface area contributed by atoms with Gasteiger partial charge in [0.25, 0.3) is 0 Å². The molecule has 2 rings (SSSR count). The summed E-state index contributed by atoms with van der Waals surface area (Å²) in [7, 11) is 0. The molecule has 0 saturated heterocycles. The first-order valence-electron chi connectivity index (χ1n) is 5.53. The van der Waals surface area contributed by atoms with Crippen LogP contribution < -0.4 is 0 Å². The molecule has 1 saturated carbocycles. The van der Waals surface area contributed by atoms with E-state index in [0.717, 1.165) is 18.9 Å². The van der Waals surface area contributed by atoms with Crippen LogP contribution in [0.2, 0.25) is 0 Å². The van der Waals surface area contributed by atoms with Crippen LogP contribution >= 0.6 is 15.9 Å². The third kappa shape index (κ3) is 2.43. The van der Waals surface area contributed by atoms with Crippen molar-refractivity contribution in [3.63, 3.8) is 0 Å². The molecule has 0 radical (unpaired) electrons. The number of benzene rings is 1. The second kappa shape index (κ2) is 4.76. The molecule has 3 N–H and O–H groups in total. The molecule has 1 fully saturated rings. The Hall–Kier alpha value is -1.30. The standard InChI is InChI=1S/C12H12BrFO4/c13-11-10(7(14)4-8(15)12(11)18)6(3-9(16)17)5-1-2-5/h4-6,15,18H,1-3H2,(H,16,17). The summed E-state index contributed by atoms with van der Waals surface area (Å²) in [5.74, 6) is -3.09. The molecule has 1 aromatic carbocycles. The maximum absolute atomic E-state index is 13.9. The highest BCUT2D eigenvalue weighted by molar-refractivity contribution is 9.10. The molecule has 1 aliphatic carbocycles. The van der Waals surface area contributed by atoms with Crippen LogP contribution in [0.3, 0.4) is 0 Å². The first-order chi connectivity index (χ1) is 8.41. The third-order valence-corrected chi connectivity index (χ3v) is 3.97. The van der Waals surface area contributed by atoms with E-state index < -0.39 is 29.2 Å². The smallest absolute Gasteiger partial charge is 0.303 e. The molecule has 1 aliphatic rings. The zero-order valence-electron chi connectivity index (χ0n) is 9.36. The Kier molecular flexibility index (Phi) is 3.47. The van der Waals surface area contributed by atoms with Crippen molar-refractivity contribution in [2.75, 3.05) is 0 Å². The van der Waals surface area contributed by atoms with Gasteiger partial charge in [-0.3, -0.25) is 4.79 Å². The highest BCUT2D eigenvalue weighted by atomic mass is 79.9. The van der Waals surface area contributed by atoms with Crippen molar-refractivity contribution in [2.45, 2.75) is 25.2 Å². The first kappa shape index (κ1) is 13.1.